The number of nitrogens with zero attached hydrogens (tertiary/aromatic N) is 1. The minimum absolute atomic E-state index is 0.0228. The molecule has 2 rings (SSSR count). The van der Waals surface area contributed by atoms with Crippen molar-refractivity contribution in [1.82, 2.24) is 4.90 Å². The summed E-state index contributed by atoms with van der Waals surface area (Å²) in [6.07, 6.45) is 3.76. The Morgan fingerprint density at radius 1 is 1.41 bits per heavy atom. The van der Waals surface area contributed by atoms with Crippen LogP contribution in [0.4, 0.5) is 0 Å². The standard InChI is InChI=1S/C17H24N2O3/c1-13-6-9-19(10-7-13)17(20)15-12-14(21-2)4-5-16(15)22-11-3-8-18/h4-6,12H,3,7-11,18H2,1-2H3. The Morgan fingerprint density at radius 2 is 2.23 bits per heavy atom. The third-order valence-electron chi connectivity index (χ3n) is 3.75. The van der Waals surface area contributed by atoms with E-state index in [4.69, 9.17) is 15.2 Å². The third kappa shape index (κ3) is 4.01. The monoisotopic (exact) mass is 304 g/mol. The summed E-state index contributed by atoms with van der Waals surface area (Å²) in [6.45, 7) is 4.54. The van der Waals surface area contributed by atoms with Gasteiger partial charge in [-0.1, -0.05) is 11.6 Å². The van der Waals surface area contributed by atoms with Crippen molar-refractivity contribution in [2.75, 3.05) is 33.4 Å². The lowest BCUT2D eigenvalue weighted by molar-refractivity contribution is 0.0764. The zero-order chi connectivity index (χ0) is 15.9. The highest BCUT2D eigenvalue weighted by atomic mass is 16.5. The van der Waals surface area contributed by atoms with E-state index in [0.717, 1.165) is 19.4 Å². The van der Waals surface area contributed by atoms with Gasteiger partial charge in [0.15, 0.2) is 0 Å². The first-order valence-electron chi connectivity index (χ1n) is 7.61. The number of hydrogen-bond acceptors (Lipinski definition) is 4. The summed E-state index contributed by atoms with van der Waals surface area (Å²) in [5.41, 5.74) is 7.36. The summed E-state index contributed by atoms with van der Waals surface area (Å²) in [4.78, 5) is 14.6. The molecule has 0 fully saturated rings. The molecule has 0 bridgehead atoms. The quantitative estimate of drug-likeness (QED) is 0.646. The van der Waals surface area contributed by atoms with Crippen LogP contribution in [-0.4, -0.2) is 44.2 Å². The number of methoxy groups -OCH3 is 1. The minimum atomic E-state index is -0.0228. The van der Waals surface area contributed by atoms with E-state index in [0.29, 0.717) is 36.8 Å². The number of nitrogens with two attached hydrogens (primary N) is 1. The molecule has 120 valence electrons. The Labute approximate surface area is 131 Å². The lowest BCUT2D eigenvalue weighted by Gasteiger charge is -2.26. The highest BCUT2D eigenvalue weighted by Crippen LogP contribution is 2.26. The molecule has 2 N–H and O–H groups in total. The number of rotatable bonds is 6. The topological polar surface area (TPSA) is 64.8 Å². The van der Waals surface area contributed by atoms with E-state index in [2.05, 4.69) is 13.0 Å². The minimum Gasteiger partial charge on any atom is -0.497 e. The van der Waals surface area contributed by atoms with Crippen LogP contribution < -0.4 is 15.2 Å². The lowest BCUT2D eigenvalue weighted by Crippen LogP contribution is -2.34. The Hall–Kier alpha value is -2.01. The molecule has 5 nitrogen and oxygen atoms in total. The van der Waals surface area contributed by atoms with Crippen LogP contribution in [0.5, 0.6) is 11.5 Å². The van der Waals surface area contributed by atoms with Gasteiger partial charge in [-0.3, -0.25) is 4.79 Å². The first-order valence-corrected chi connectivity index (χ1v) is 7.61. The molecule has 22 heavy (non-hydrogen) atoms. The van der Waals surface area contributed by atoms with E-state index < -0.39 is 0 Å². The van der Waals surface area contributed by atoms with Crippen LogP contribution in [0, 0.1) is 0 Å². The molecule has 0 saturated carbocycles. The van der Waals surface area contributed by atoms with Crippen LogP contribution in [0.25, 0.3) is 0 Å². The highest BCUT2D eigenvalue weighted by Gasteiger charge is 2.21. The maximum atomic E-state index is 12.8. The predicted molar refractivity (Wildman–Crippen MR) is 86.4 cm³/mol. The van der Waals surface area contributed by atoms with Crippen LogP contribution in [0.2, 0.25) is 0 Å². The van der Waals surface area contributed by atoms with Gasteiger partial charge in [-0.15, -0.1) is 0 Å². The van der Waals surface area contributed by atoms with Crippen molar-refractivity contribution in [1.29, 1.82) is 0 Å². The van der Waals surface area contributed by atoms with Crippen LogP contribution >= 0.6 is 0 Å². The summed E-state index contributed by atoms with van der Waals surface area (Å²) in [7, 11) is 1.59. The van der Waals surface area contributed by atoms with Crippen molar-refractivity contribution in [3.8, 4) is 11.5 Å². The smallest absolute Gasteiger partial charge is 0.258 e. The molecule has 1 amide bonds. The third-order valence-corrected chi connectivity index (χ3v) is 3.75. The Kier molecular flexibility index (Phi) is 5.83. The van der Waals surface area contributed by atoms with Gasteiger partial charge in [0.1, 0.15) is 11.5 Å². The van der Waals surface area contributed by atoms with E-state index in [-0.39, 0.29) is 5.91 Å². The molecule has 0 aromatic heterocycles. The molecule has 5 heteroatoms. The number of amides is 1. The first-order chi connectivity index (χ1) is 10.7. The lowest BCUT2D eigenvalue weighted by atomic mass is 10.1. The van der Waals surface area contributed by atoms with Crippen molar-refractivity contribution in [3.05, 3.63) is 35.4 Å². The molecule has 1 aromatic rings. The summed E-state index contributed by atoms with van der Waals surface area (Å²) in [5.74, 6) is 1.22. The van der Waals surface area contributed by atoms with Crippen LogP contribution in [0.1, 0.15) is 30.1 Å². The SMILES string of the molecule is COc1ccc(OCCCN)c(C(=O)N2CC=C(C)CC2)c1. The molecule has 1 heterocycles. The molecule has 0 spiro atoms. The second-order valence-electron chi connectivity index (χ2n) is 5.40. The number of ether oxygens (including phenoxy) is 2. The number of carbonyl (C=O) groups is 1. The fraction of sp³-hybridized carbons (Fsp3) is 0.471. The predicted octanol–water partition coefficient (Wildman–Crippen LogP) is 2.21. The highest BCUT2D eigenvalue weighted by molar-refractivity contribution is 5.97. The van der Waals surface area contributed by atoms with Crippen molar-refractivity contribution in [2.24, 2.45) is 5.73 Å². The zero-order valence-electron chi connectivity index (χ0n) is 13.3. The second kappa shape index (κ2) is 7.84. The molecule has 0 atom stereocenters. The number of carbonyl (C=O) groups excluding carboxylic acids is 1. The van der Waals surface area contributed by atoms with Crippen molar-refractivity contribution in [2.45, 2.75) is 19.8 Å². The average molecular weight is 304 g/mol. The summed E-state index contributed by atoms with van der Waals surface area (Å²) in [6, 6.07) is 5.33. The molecule has 1 aliphatic heterocycles. The molecule has 0 saturated heterocycles. The van der Waals surface area contributed by atoms with Gasteiger partial charge in [-0.2, -0.15) is 0 Å². The van der Waals surface area contributed by atoms with Gasteiger partial charge >= 0.3 is 0 Å². The van der Waals surface area contributed by atoms with Gasteiger partial charge in [-0.05, 0) is 44.5 Å². The molecule has 0 radical (unpaired) electrons. The Morgan fingerprint density at radius 3 is 2.86 bits per heavy atom. The van der Waals surface area contributed by atoms with E-state index in [9.17, 15) is 4.79 Å². The molecular formula is C17H24N2O3. The van der Waals surface area contributed by atoms with Crippen molar-refractivity contribution in [3.63, 3.8) is 0 Å². The van der Waals surface area contributed by atoms with Gasteiger partial charge in [0.25, 0.3) is 5.91 Å². The van der Waals surface area contributed by atoms with Gasteiger partial charge in [0.2, 0.25) is 0 Å². The largest absolute Gasteiger partial charge is 0.497 e. The zero-order valence-corrected chi connectivity index (χ0v) is 13.3. The molecule has 1 aromatic carbocycles. The normalized spacial score (nSPS) is 14.5. The molecular weight excluding hydrogens is 280 g/mol. The van der Waals surface area contributed by atoms with Gasteiger partial charge in [0, 0.05) is 13.1 Å². The van der Waals surface area contributed by atoms with E-state index in [1.165, 1.54) is 5.57 Å². The molecule has 0 unspecified atom stereocenters. The van der Waals surface area contributed by atoms with Crippen molar-refractivity contribution < 1.29 is 14.3 Å². The van der Waals surface area contributed by atoms with E-state index in [1.807, 2.05) is 4.90 Å². The number of benzene rings is 1. The van der Waals surface area contributed by atoms with E-state index in [1.54, 1.807) is 25.3 Å². The van der Waals surface area contributed by atoms with E-state index >= 15 is 0 Å². The van der Waals surface area contributed by atoms with Crippen molar-refractivity contribution >= 4 is 5.91 Å². The fourth-order valence-corrected chi connectivity index (χ4v) is 2.32. The Bertz CT molecular complexity index is 555. The first kappa shape index (κ1) is 16.4. The van der Waals surface area contributed by atoms with Gasteiger partial charge in [0.05, 0.1) is 19.3 Å². The van der Waals surface area contributed by atoms with Gasteiger partial charge < -0.3 is 20.1 Å². The van der Waals surface area contributed by atoms with Crippen LogP contribution in [-0.2, 0) is 0 Å². The maximum absolute atomic E-state index is 12.8. The number of hydrogen-bond donors (Lipinski definition) is 1. The van der Waals surface area contributed by atoms with Crippen LogP contribution in [0.3, 0.4) is 0 Å². The summed E-state index contributed by atoms with van der Waals surface area (Å²) in [5, 5.41) is 0. The molecule has 0 aliphatic carbocycles. The fourth-order valence-electron chi connectivity index (χ4n) is 2.32. The van der Waals surface area contributed by atoms with Crippen LogP contribution in [0.15, 0.2) is 29.8 Å². The average Bonchev–Trinajstić information content (AvgIpc) is 2.55. The molecule has 1 aliphatic rings. The second-order valence-corrected chi connectivity index (χ2v) is 5.40. The summed E-state index contributed by atoms with van der Waals surface area (Å²) < 4.78 is 10.9. The Balaban J connectivity index is 2.20. The van der Waals surface area contributed by atoms with Gasteiger partial charge in [-0.25, -0.2) is 0 Å². The maximum Gasteiger partial charge on any atom is 0.258 e. The summed E-state index contributed by atoms with van der Waals surface area (Å²) >= 11 is 0.